The van der Waals surface area contributed by atoms with Gasteiger partial charge in [0.15, 0.2) is 0 Å². The van der Waals surface area contributed by atoms with E-state index in [1.807, 2.05) is 66.7 Å². The van der Waals surface area contributed by atoms with Crippen LogP contribution in [0.15, 0.2) is 72.8 Å². The highest BCUT2D eigenvalue weighted by molar-refractivity contribution is 5.90. The van der Waals surface area contributed by atoms with Crippen LogP contribution in [0, 0.1) is 11.6 Å². The molecular formula is C25H17F2N3. The highest BCUT2D eigenvalue weighted by atomic mass is 19.1. The topological polar surface area (TPSA) is 41.6 Å². The summed E-state index contributed by atoms with van der Waals surface area (Å²) >= 11 is 0. The average molecular weight is 397 g/mol. The van der Waals surface area contributed by atoms with Gasteiger partial charge >= 0.3 is 0 Å². The fourth-order valence-electron chi connectivity index (χ4n) is 3.61. The van der Waals surface area contributed by atoms with E-state index in [1.165, 1.54) is 12.1 Å². The third kappa shape index (κ3) is 3.70. The average Bonchev–Trinajstić information content (AvgIpc) is 3.13. The number of nitrogens with zero attached hydrogens (tertiary/aromatic N) is 2. The van der Waals surface area contributed by atoms with Crippen molar-refractivity contribution in [3.8, 4) is 0 Å². The number of hydrogen-bond acceptors (Lipinski definition) is 2. The molecule has 0 spiro atoms. The molecule has 0 radical (unpaired) electrons. The normalized spacial score (nSPS) is 11.7. The van der Waals surface area contributed by atoms with Crippen molar-refractivity contribution in [2.45, 2.75) is 6.42 Å². The molecule has 30 heavy (non-hydrogen) atoms. The molecule has 2 aromatic heterocycles. The number of benzene rings is 3. The van der Waals surface area contributed by atoms with E-state index >= 15 is 0 Å². The lowest BCUT2D eigenvalue weighted by Gasteiger charge is -2.03. The van der Waals surface area contributed by atoms with E-state index in [0.717, 1.165) is 44.8 Å². The van der Waals surface area contributed by atoms with Crippen LogP contribution in [0.4, 0.5) is 8.78 Å². The van der Waals surface area contributed by atoms with Gasteiger partial charge in [0.2, 0.25) is 0 Å². The minimum atomic E-state index is -0.569. The molecule has 5 heteroatoms. The third-order valence-electron chi connectivity index (χ3n) is 5.02. The first kappa shape index (κ1) is 18.2. The van der Waals surface area contributed by atoms with Crippen LogP contribution in [0.25, 0.3) is 34.0 Å². The second kappa shape index (κ2) is 7.52. The molecule has 0 aliphatic rings. The summed E-state index contributed by atoms with van der Waals surface area (Å²) in [6, 6.07) is 21.4. The number of rotatable bonds is 4. The van der Waals surface area contributed by atoms with Crippen LogP contribution in [0.5, 0.6) is 0 Å². The number of aromatic amines is 1. The molecule has 3 aromatic carbocycles. The Morgan fingerprint density at radius 2 is 1.60 bits per heavy atom. The first-order chi connectivity index (χ1) is 14.6. The van der Waals surface area contributed by atoms with Crippen LogP contribution in [-0.4, -0.2) is 15.2 Å². The summed E-state index contributed by atoms with van der Waals surface area (Å²) in [7, 11) is 0. The predicted octanol–water partition coefficient (Wildman–Crippen LogP) is 6.15. The zero-order valence-corrected chi connectivity index (χ0v) is 15.9. The smallest absolute Gasteiger partial charge is 0.126 e. The van der Waals surface area contributed by atoms with Gasteiger partial charge < -0.3 is 0 Å². The van der Waals surface area contributed by atoms with Gasteiger partial charge in [-0.2, -0.15) is 5.10 Å². The Kier molecular flexibility index (Phi) is 4.56. The van der Waals surface area contributed by atoms with Gasteiger partial charge in [-0.1, -0.05) is 30.3 Å². The van der Waals surface area contributed by atoms with E-state index < -0.39 is 11.6 Å². The lowest BCUT2D eigenvalue weighted by Crippen LogP contribution is -1.91. The van der Waals surface area contributed by atoms with Crippen molar-refractivity contribution in [2.75, 3.05) is 0 Å². The van der Waals surface area contributed by atoms with Gasteiger partial charge in [0.25, 0.3) is 0 Å². The molecule has 0 atom stereocenters. The van der Waals surface area contributed by atoms with E-state index in [2.05, 4.69) is 15.2 Å². The molecule has 146 valence electrons. The highest BCUT2D eigenvalue weighted by Crippen LogP contribution is 2.22. The van der Waals surface area contributed by atoms with Gasteiger partial charge in [-0.25, -0.2) is 13.8 Å². The summed E-state index contributed by atoms with van der Waals surface area (Å²) in [4.78, 5) is 4.65. The van der Waals surface area contributed by atoms with Crippen molar-refractivity contribution < 1.29 is 8.78 Å². The Morgan fingerprint density at radius 3 is 2.47 bits per heavy atom. The Morgan fingerprint density at radius 1 is 0.767 bits per heavy atom. The van der Waals surface area contributed by atoms with E-state index in [9.17, 15) is 8.78 Å². The molecule has 0 saturated carbocycles. The molecule has 0 aliphatic carbocycles. The van der Waals surface area contributed by atoms with Crippen molar-refractivity contribution in [1.29, 1.82) is 0 Å². The predicted molar refractivity (Wildman–Crippen MR) is 116 cm³/mol. The molecular weight excluding hydrogens is 380 g/mol. The number of aromatic nitrogens is 3. The number of halogens is 2. The number of pyridine rings is 1. The van der Waals surface area contributed by atoms with E-state index in [-0.39, 0.29) is 0 Å². The zero-order chi connectivity index (χ0) is 20.5. The second-order valence-corrected chi connectivity index (χ2v) is 7.21. The summed E-state index contributed by atoms with van der Waals surface area (Å²) in [5.41, 5.74) is 5.02. The van der Waals surface area contributed by atoms with E-state index in [0.29, 0.717) is 12.0 Å². The number of hydrogen-bond donors (Lipinski definition) is 1. The molecule has 5 aromatic rings. The van der Waals surface area contributed by atoms with Gasteiger partial charge in [0, 0.05) is 16.8 Å². The molecule has 1 N–H and O–H groups in total. The Hall–Kier alpha value is -3.86. The summed E-state index contributed by atoms with van der Waals surface area (Å²) in [5, 5.41) is 9.43. The first-order valence-corrected chi connectivity index (χ1v) is 9.60. The van der Waals surface area contributed by atoms with Crippen molar-refractivity contribution in [3.05, 3.63) is 107 Å². The Labute approximate surface area is 171 Å². The Bertz CT molecular complexity index is 1380. The van der Waals surface area contributed by atoms with Crippen LogP contribution < -0.4 is 0 Å². The minimum Gasteiger partial charge on any atom is -0.277 e. The van der Waals surface area contributed by atoms with Crippen molar-refractivity contribution in [1.82, 2.24) is 15.2 Å². The summed E-state index contributed by atoms with van der Waals surface area (Å²) in [6.07, 6.45) is 4.32. The monoisotopic (exact) mass is 397 g/mol. The Balaban J connectivity index is 1.45. The molecule has 0 unspecified atom stereocenters. The van der Waals surface area contributed by atoms with Crippen LogP contribution in [-0.2, 0) is 6.42 Å². The fourth-order valence-corrected chi connectivity index (χ4v) is 3.61. The molecule has 0 saturated heterocycles. The van der Waals surface area contributed by atoms with E-state index in [1.54, 1.807) is 0 Å². The number of para-hydroxylation sites is 1. The van der Waals surface area contributed by atoms with Crippen LogP contribution in [0.2, 0.25) is 0 Å². The number of nitrogens with one attached hydrogen (secondary N) is 1. The van der Waals surface area contributed by atoms with Gasteiger partial charge in [0.05, 0.1) is 22.4 Å². The van der Waals surface area contributed by atoms with Crippen molar-refractivity contribution in [2.24, 2.45) is 0 Å². The van der Waals surface area contributed by atoms with Crippen LogP contribution in [0.1, 0.15) is 22.5 Å². The molecule has 0 fully saturated rings. The molecule has 2 heterocycles. The minimum absolute atomic E-state index is 0.436. The maximum absolute atomic E-state index is 13.5. The molecule has 0 amide bonds. The second-order valence-electron chi connectivity index (χ2n) is 7.21. The summed E-state index contributed by atoms with van der Waals surface area (Å²) in [5.74, 6) is -1.14. The standard InChI is InChI=1S/C25H17F2N3/c26-19-12-17(13-20(27)15-19)11-16-5-9-24-22(14-16)25(30-29-24)10-8-21-7-6-18-3-1-2-4-23(18)28-21/h1-10,12-15H,11H2,(H,29,30)/b10-8+. The number of H-pyrrole nitrogens is 1. The highest BCUT2D eigenvalue weighted by Gasteiger charge is 2.07. The lowest BCUT2D eigenvalue weighted by molar-refractivity contribution is 0.580. The maximum atomic E-state index is 13.5. The first-order valence-electron chi connectivity index (χ1n) is 9.60. The third-order valence-corrected chi connectivity index (χ3v) is 5.02. The van der Waals surface area contributed by atoms with Crippen molar-refractivity contribution in [3.63, 3.8) is 0 Å². The largest absolute Gasteiger partial charge is 0.277 e. The molecule has 0 bridgehead atoms. The molecule has 3 nitrogen and oxygen atoms in total. The maximum Gasteiger partial charge on any atom is 0.126 e. The van der Waals surface area contributed by atoms with Crippen LogP contribution in [0.3, 0.4) is 0 Å². The van der Waals surface area contributed by atoms with Crippen LogP contribution >= 0.6 is 0 Å². The molecule has 0 aliphatic heterocycles. The van der Waals surface area contributed by atoms with Crippen molar-refractivity contribution >= 4 is 34.0 Å². The lowest BCUT2D eigenvalue weighted by atomic mass is 10.0. The van der Waals surface area contributed by atoms with Gasteiger partial charge in [-0.15, -0.1) is 0 Å². The fraction of sp³-hybridized carbons (Fsp3) is 0.0400. The van der Waals surface area contributed by atoms with Gasteiger partial charge in [0.1, 0.15) is 11.6 Å². The van der Waals surface area contributed by atoms with Gasteiger partial charge in [-0.3, -0.25) is 5.10 Å². The SMILES string of the molecule is Fc1cc(F)cc(Cc2ccc3n[nH]c(/C=C/c4ccc5ccccc5n4)c3c2)c1. The van der Waals surface area contributed by atoms with Gasteiger partial charge in [-0.05, 0) is 66.1 Å². The summed E-state index contributed by atoms with van der Waals surface area (Å²) < 4.78 is 27.0. The quantitative estimate of drug-likeness (QED) is 0.395. The molecule has 5 rings (SSSR count). The van der Waals surface area contributed by atoms with E-state index in [4.69, 9.17) is 0 Å². The zero-order valence-electron chi connectivity index (χ0n) is 15.9. The number of fused-ring (bicyclic) bond motifs is 2. The summed E-state index contributed by atoms with van der Waals surface area (Å²) in [6.45, 7) is 0.